The minimum absolute atomic E-state index is 0.139. The molecule has 6 heteroatoms. The van der Waals surface area contributed by atoms with Crippen LogP contribution in [-0.2, 0) is 24.4 Å². The van der Waals surface area contributed by atoms with E-state index in [4.69, 9.17) is 0 Å². The summed E-state index contributed by atoms with van der Waals surface area (Å²) in [6.07, 6.45) is 3.56. The number of nitrogens with zero attached hydrogens (tertiary/aromatic N) is 5. The lowest BCUT2D eigenvalue weighted by molar-refractivity contribution is -0.131. The second kappa shape index (κ2) is 8.43. The van der Waals surface area contributed by atoms with E-state index in [-0.39, 0.29) is 5.91 Å². The molecule has 0 aliphatic rings. The third kappa shape index (κ3) is 5.49. The molecular formula is C17H25N5O. The van der Waals surface area contributed by atoms with Gasteiger partial charge < -0.3 is 9.80 Å². The summed E-state index contributed by atoms with van der Waals surface area (Å²) in [6, 6.07) is 8.46. The molecule has 2 rings (SSSR count). The monoisotopic (exact) mass is 315 g/mol. The molecule has 0 radical (unpaired) electrons. The smallest absolute Gasteiger partial charge is 0.224 e. The van der Waals surface area contributed by atoms with Crippen LogP contribution in [0.1, 0.15) is 24.5 Å². The molecule has 0 saturated carbocycles. The standard InChI is InChI=1S/C17H25N5O/c1-4-21(17(23)9-10-22-14-18-13-19-22)12-16-7-5-15(6-8-16)11-20(2)3/h5-8,13-14H,4,9-12H2,1-3H3. The number of carbonyl (C=O) groups excluding carboxylic acids is 1. The minimum Gasteiger partial charge on any atom is -0.339 e. The Labute approximate surface area is 137 Å². The van der Waals surface area contributed by atoms with Gasteiger partial charge in [0.2, 0.25) is 5.91 Å². The molecule has 0 saturated heterocycles. The molecule has 1 aromatic carbocycles. The third-order valence-corrected chi connectivity index (χ3v) is 3.65. The van der Waals surface area contributed by atoms with Crippen molar-refractivity contribution in [3.05, 3.63) is 48.0 Å². The molecular weight excluding hydrogens is 290 g/mol. The van der Waals surface area contributed by atoms with Crippen LogP contribution in [0.2, 0.25) is 0 Å². The normalized spacial score (nSPS) is 11.0. The van der Waals surface area contributed by atoms with Gasteiger partial charge >= 0.3 is 0 Å². The van der Waals surface area contributed by atoms with E-state index in [0.717, 1.165) is 12.1 Å². The summed E-state index contributed by atoms with van der Waals surface area (Å²) in [5.41, 5.74) is 2.43. The van der Waals surface area contributed by atoms with Crippen LogP contribution in [0.4, 0.5) is 0 Å². The summed E-state index contributed by atoms with van der Waals surface area (Å²) in [5.74, 6) is 0.139. The lowest BCUT2D eigenvalue weighted by Crippen LogP contribution is -2.31. The van der Waals surface area contributed by atoms with Crippen molar-refractivity contribution in [2.24, 2.45) is 0 Å². The molecule has 1 amide bonds. The summed E-state index contributed by atoms with van der Waals surface area (Å²) >= 11 is 0. The summed E-state index contributed by atoms with van der Waals surface area (Å²) in [7, 11) is 4.11. The number of aromatic nitrogens is 3. The lowest BCUT2D eigenvalue weighted by Gasteiger charge is -2.21. The first-order chi connectivity index (χ1) is 11.1. The van der Waals surface area contributed by atoms with Crippen molar-refractivity contribution < 1.29 is 4.79 Å². The highest BCUT2D eigenvalue weighted by Gasteiger charge is 2.12. The highest BCUT2D eigenvalue weighted by atomic mass is 16.2. The SMILES string of the molecule is CCN(Cc1ccc(CN(C)C)cc1)C(=O)CCn1cncn1. The van der Waals surface area contributed by atoms with Crippen molar-refractivity contribution in [1.82, 2.24) is 24.6 Å². The number of hydrogen-bond donors (Lipinski definition) is 0. The van der Waals surface area contributed by atoms with E-state index in [1.807, 2.05) is 11.8 Å². The Morgan fingerprint density at radius 1 is 1.13 bits per heavy atom. The van der Waals surface area contributed by atoms with Crippen LogP contribution >= 0.6 is 0 Å². The fourth-order valence-electron chi connectivity index (χ4n) is 2.43. The highest BCUT2D eigenvalue weighted by Crippen LogP contribution is 2.10. The minimum atomic E-state index is 0.139. The van der Waals surface area contributed by atoms with Gasteiger partial charge in [0.25, 0.3) is 0 Å². The molecule has 2 aromatic rings. The largest absolute Gasteiger partial charge is 0.339 e. The Morgan fingerprint density at radius 2 is 1.78 bits per heavy atom. The Kier molecular flexibility index (Phi) is 6.29. The Balaban J connectivity index is 1.88. The van der Waals surface area contributed by atoms with E-state index in [1.165, 1.54) is 11.9 Å². The molecule has 1 heterocycles. The maximum absolute atomic E-state index is 12.3. The molecule has 6 nitrogen and oxygen atoms in total. The van der Waals surface area contributed by atoms with E-state index in [0.29, 0.717) is 26.1 Å². The van der Waals surface area contributed by atoms with Gasteiger partial charge in [-0.25, -0.2) is 4.98 Å². The average Bonchev–Trinajstić information content (AvgIpc) is 3.04. The van der Waals surface area contributed by atoms with Gasteiger partial charge in [-0.3, -0.25) is 9.48 Å². The Morgan fingerprint density at radius 3 is 2.30 bits per heavy atom. The molecule has 0 bridgehead atoms. The van der Waals surface area contributed by atoms with E-state index < -0.39 is 0 Å². The van der Waals surface area contributed by atoms with E-state index in [2.05, 4.69) is 53.3 Å². The molecule has 0 fully saturated rings. The molecule has 0 aliphatic heterocycles. The maximum Gasteiger partial charge on any atom is 0.224 e. The predicted octanol–water partition coefficient (Wildman–Crippen LogP) is 1.78. The van der Waals surface area contributed by atoms with Gasteiger partial charge in [-0.15, -0.1) is 0 Å². The van der Waals surface area contributed by atoms with E-state index >= 15 is 0 Å². The lowest BCUT2D eigenvalue weighted by atomic mass is 10.1. The first-order valence-electron chi connectivity index (χ1n) is 7.91. The Bertz CT molecular complexity index is 592. The Hall–Kier alpha value is -2.21. The fourth-order valence-corrected chi connectivity index (χ4v) is 2.43. The molecule has 0 aliphatic carbocycles. The van der Waals surface area contributed by atoms with Gasteiger partial charge in [0.15, 0.2) is 0 Å². The van der Waals surface area contributed by atoms with Crippen molar-refractivity contribution in [1.29, 1.82) is 0 Å². The first kappa shape index (κ1) is 17.1. The number of rotatable bonds is 8. The van der Waals surface area contributed by atoms with E-state index in [1.54, 1.807) is 11.0 Å². The van der Waals surface area contributed by atoms with Crippen molar-refractivity contribution in [3.63, 3.8) is 0 Å². The van der Waals surface area contributed by atoms with E-state index in [9.17, 15) is 4.79 Å². The number of hydrogen-bond acceptors (Lipinski definition) is 4. The molecule has 1 aromatic heterocycles. The zero-order valence-electron chi connectivity index (χ0n) is 14.1. The van der Waals surface area contributed by atoms with Crippen molar-refractivity contribution >= 4 is 5.91 Å². The molecule has 23 heavy (non-hydrogen) atoms. The van der Waals surface area contributed by atoms with Crippen molar-refractivity contribution in [3.8, 4) is 0 Å². The third-order valence-electron chi connectivity index (χ3n) is 3.65. The molecule has 0 unspecified atom stereocenters. The van der Waals surface area contributed by atoms with Gasteiger partial charge in [0, 0.05) is 26.1 Å². The first-order valence-corrected chi connectivity index (χ1v) is 7.91. The second-order valence-electron chi connectivity index (χ2n) is 5.87. The highest BCUT2D eigenvalue weighted by molar-refractivity contribution is 5.76. The number of benzene rings is 1. The summed E-state index contributed by atoms with van der Waals surface area (Å²) in [5, 5.41) is 4.02. The zero-order valence-corrected chi connectivity index (χ0v) is 14.1. The quantitative estimate of drug-likeness (QED) is 0.745. The predicted molar refractivity (Wildman–Crippen MR) is 89.6 cm³/mol. The molecule has 0 N–H and O–H groups in total. The van der Waals surface area contributed by atoms with Crippen molar-refractivity contribution in [2.75, 3.05) is 20.6 Å². The molecule has 0 spiro atoms. The van der Waals surface area contributed by atoms with Crippen LogP contribution in [0.15, 0.2) is 36.9 Å². The van der Waals surface area contributed by atoms with Gasteiger partial charge in [0.05, 0.1) is 6.54 Å². The van der Waals surface area contributed by atoms with Gasteiger partial charge in [-0.1, -0.05) is 24.3 Å². The molecule has 0 atom stereocenters. The summed E-state index contributed by atoms with van der Waals surface area (Å²) < 4.78 is 1.68. The van der Waals surface area contributed by atoms with Crippen LogP contribution in [0.25, 0.3) is 0 Å². The fraction of sp³-hybridized carbons (Fsp3) is 0.471. The van der Waals surface area contributed by atoms with Crippen LogP contribution in [0, 0.1) is 0 Å². The van der Waals surface area contributed by atoms with Crippen LogP contribution < -0.4 is 0 Å². The topological polar surface area (TPSA) is 54.3 Å². The summed E-state index contributed by atoms with van der Waals surface area (Å²) in [4.78, 5) is 20.2. The van der Waals surface area contributed by atoms with Gasteiger partial charge in [-0.05, 0) is 32.1 Å². The van der Waals surface area contributed by atoms with Crippen LogP contribution in [-0.4, -0.2) is 51.1 Å². The van der Waals surface area contributed by atoms with Gasteiger partial charge in [-0.2, -0.15) is 5.10 Å². The molecule has 124 valence electrons. The van der Waals surface area contributed by atoms with Crippen LogP contribution in [0.5, 0.6) is 0 Å². The number of carbonyl (C=O) groups is 1. The average molecular weight is 315 g/mol. The zero-order chi connectivity index (χ0) is 16.7. The van der Waals surface area contributed by atoms with Crippen molar-refractivity contribution in [2.45, 2.75) is 33.0 Å². The maximum atomic E-state index is 12.3. The van der Waals surface area contributed by atoms with Crippen LogP contribution in [0.3, 0.4) is 0 Å². The number of amides is 1. The second-order valence-corrected chi connectivity index (χ2v) is 5.87. The number of aryl methyl sites for hydroxylation is 1. The summed E-state index contributed by atoms with van der Waals surface area (Å²) in [6.45, 7) is 4.85. The van der Waals surface area contributed by atoms with Gasteiger partial charge in [0.1, 0.15) is 12.7 Å².